The number of carbonyl (C=O) groups excluding carboxylic acids is 1. The van der Waals surface area contributed by atoms with E-state index >= 15 is 0 Å². The average molecular weight is 384 g/mol. The maximum Gasteiger partial charge on any atom is 0.438 e. The molecule has 0 saturated heterocycles. The van der Waals surface area contributed by atoms with Crippen molar-refractivity contribution in [2.24, 2.45) is 0 Å². The molecular weight excluding hydrogens is 379 g/mol. The molecule has 0 heterocycles. The monoisotopic (exact) mass is 384 g/mol. The number of benzene rings is 1. The van der Waals surface area contributed by atoms with E-state index in [2.05, 4.69) is 4.74 Å². The van der Waals surface area contributed by atoms with Crippen LogP contribution < -0.4 is 0 Å². The molecule has 25 heavy (non-hydrogen) atoms. The molecule has 0 radical (unpaired) electrons. The molecule has 140 valence electrons. The first-order chi connectivity index (χ1) is 11.1. The molecule has 0 saturated carbocycles. The van der Waals surface area contributed by atoms with Crippen LogP contribution in [0, 0.1) is 17.5 Å². The topological polar surface area (TPSA) is 63.6 Å². The molecule has 0 unspecified atom stereocenters. The minimum absolute atomic E-state index is 0.209. The second-order valence-corrected chi connectivity index (χ2v) is 4.54. The molecule has 1 rings (SSSR count). The van der Waals surface area contributed by atoms with Crippen LogP contribution in [0.15, 0.2) is 12.1 Å². The van der Waals surface area contributed by atoms with Crippen LogP contribution in [-0.4, -0.2) is 35.0 Å². The molecule has 4 nitrogen and oxygen atoms in total. The van der Waals surface area contributed by atoms with Crippen LogP contribution in [0.25, 0.3) is 0 Å². The Morgan fingerprint density at radius 3 is 1.64 bits per heavy atom. The maximum absolute atomic E-state index is 12.9. The van der Waals surface area contributed by atoms with Gasteiger partial charge in [-0.15, -0.1) is 0 Å². The number of alkyl halides is 6. The van der Waals surface area contributed by atoms with Gasteiger partial charge in [0.2, 0.25) is 0 Å². The summed E-state index contributed by atoms with van der Waals surface area (Å²) in [6.07, 6.45) is -15.6. The van der Waals surface area contributed by atoms with Gasteiger partial charge >= 0.3 is 29.9 Å². The minimum atomic E-state index is -6.43. The number of carbonyl (C=O) groups is 2. The van der Waals surface area contributed by atoms with E-state index in [1.54, 1.807) is 0 Å². The molecule has 0 atom stereocenters. The zero-order valence-electron chi connectivity index (χ0n) is 11.4. The van der Waals surface area contributed by atoms with Gasteiger partial charge in [-0.1, -0.05) is 0 Å². The molecule has 0 bridgehead atoms. The van der Waals surface area contributed by atoms with Crippen molar-refractivity contribution in [2.75, 3.05) is 0 Å². The van der Waals surface area contributed by atoms with Gasteiger partial charge in [0.05, 0.1) is 5.56 Å². The summed E-state index contributed by atoms with van der Waals surface area (Å²) in [4.78, 5) is 21.9. The van der Waals surface area contributed by atoms with E-state index in [1.165, 1.54) is 0 Å². The SMILES string of the molecule is O=C(O)CC(OC(=O)c1cc(F)c(F)c(F)c1)(C(F)(F)F)C(F)(F)F. The summed E-state index contributed by atoms with van der Waals surface area (Å²) in [5.74, 6) is -11.5. The fourth-order valence-corrected chi connectivity index (χ4v) is 1.62. The van der Waals surface area contributed by atoms with Crippen molar-refractivity contribution in [3.63, 3.8) is 0 Å². The predicted octanol–water partition coefficient (Wildman–Crippen LogP) is 3.60. The summed E-state index contributed by atoms with van der Waals surface area (Å²) in [6.45, 7) is 0. The highest BCUT2D eigenvalue weighted by Gasteiger charge is 2.75. The summed E-state index contributed by atoms with van der Waals surface area (Å²) in [6, 6.07) is -0.419. The molecular formula is C12H5F9O4. The molecule has 0 aliphatic carbocycles. The number of hydrogen-bond donors (Lipinski definition) is 1. The number of rotatable bonds is 4. The fraction of sp³-hybridized carbons (Fsp3) is 0.333. The number of ether oxygens (including phenoxy) is 1. The largest absolute Gasteiger partial charge is 0.481 e. The first kappa shape index (κ1) is 20.6. The van der Waals surface area contributed by atoms with E-state index in [0.29, 0.717) is 0 Å². The lowest BCUT2D eigenvalue weighted by molar-refractivity contribution is -0.365. The van der Waals surface area contributed by atoms with Gasteiger partial charge in [-0.3, -0.25) is 4.79 Å². The van der Waals surface area contributed by atoms with Crippen LogP contribution in [-0.2, 0) is 9.53 Å². The zero-order chi connectivity index (χ0) is 19.8. The number of hydrogen-bond acceptors (Lipinski definition) is 3. The second kappa shape index (κ2) is 6.44. The number of aliphatic carboxylic acids is 1. The Bertz CT molecular complexity index is 656. The zero-order valence-corrected chi connectivity index (χ0v) is 11.4. The Morgan fingerprint density at radius 1 is 0.920 bits per heavy atom. The van der Waals surface area contributed by atoms with Gasteiger partial charge in [-0.2, -0.15) is 26.3 Å². The van der Waals surface area contributed by atoms with Crippen molar-refractivity contribution < 1.29 is 58.9 Å². The summed E-state index contributed by atoms with van der Waals surface area (Å²) in [7, 11) is 0. The molecule has 0 aliphatic heterocycles. The van der Waals surface area contributed by atoms with E-state index < -0.39 is 59.3 Å². The lowest BCUT2D eigenvalue weighted by Gasteiger charge is -2.35. The first-order valence-corrected chi connectivity index (χ1v) is 5.85. The third-order valence-corrected chi connectivity index (χ3v) is 2.80. The highest BCUT2D eigenvalue weighted by molar-refractivity contribution is 5.90. The van der Waals surface area contributed by atoms with Crippen molar-refractivity contribution in [2.45, 2.75) is 24.4 Å². The van der Waals surface area contributed by atoms with Gasteiger partial charge in [0.1, 0.15) is 6.42 Å². The van der Waals surface area contributed by atoms with E-state index in [1.807, 2.05) is 0 Å². The molecule has 1 aromatic rings. The molecule has 0 fully saturated rings. The maximum atomic E-state index is 12.9. The Balaban J connectivity index is 3.44. The van der Waals surface area contributed by atoms with Gasteiger partial charge in [0.25, 0.3) is 0 Å². The summed E-state index contributed by atoms with van der Waals surface area (Å²) in [5, 5.41) is 8.32. The van der Waals surface area contributed by atoms with Crippen molar-refractivity contribution >= 4 is 11.9 Å². The molecule has 13 heteroatoms. The van der Waals surface area contributed by atoms with Gasteiger partial charge in [0.15, 0.2) is 17.5 Å². The van der Waals surface area contributed by atoms with Gasteiger partial charge < -0.3 is 9.84 Å². The molecule has 0 aliphatic rings. The number of esters is 1. The van der Waals surface area contributed by atoms with Crippen molar-refractivity contribution in [1.82, 2.24) is 0 Å². The normalized spacial score (nSPS) is 12.8. The number of carboxylic acid groups (broad SMARTS) is 1. The quantitative estimate of drug-likeness (QED) is 0.490. The third kappa shape index (κ3) is 3.96. The third-order valence-electron chi connectivity index (χ3n) is 2.80. The fourth-order valence-electron chi connectivity index (χ4n) is 1.62. The predicted molar refractivity (Wildman–Crippen MR) is 58.8 cm³/mol. The van der Waals surface area contributed by atoms with Crippen LogP contribution in [0.1, 0.15) is 16.8 Å². The number of halogens is 9. The summed E-state index contributed by atoms with van der Waals surface area (Å²) in [5.41, 5.74) is -7.01. The van der Waals surface area contributed by atoms with Gasteiger partial charge in [0, 0.05) is 0 Å². The molecule has 0 aromatic heterocycles. The van der Waals surface area contributed by atoms with E-state index in [-0.39, 0.29) is 12.1 Å². The van der Waals surface area contributed by atoms with Crippen LogP contribution in [0.3, 0.4) is 0 Å². The second-order valence-electron chi connectivity index (χ2n) is 4.54. The van der Waals surface area contributed by atoms with E-state index in [0.717, 1.165) is 0 Å². The molecule has 1 N–H and O–H groups in total. The van der Waals surface area contributed by atoms with E-state index in [4.69, 9.17) is 5.11 Å². The minimum Gasteiger partial charge on any atom is -0.481 e. The number of carboxylic acids is 1. The van der Waals surface area contributed by atoms with Crippen molar-refractivity contribution in [1.29, 1.82) is 0 Å². The molecule has 0 amide bonds. The Hall–Kier alpha value is -2.47. The smallest absolute Gasteiger partial charge is 0.438 e. The summed E-state index contributed by atoms with van der Waals surface area (Å²) >= 11 is 0. The highest BCUT2D eigenvalue weighted by Crippen LogP contribution is 2.48. The lowest BCUT2D eigenvalue weighted by Crippen LogP contribution is -2.60. The Labute approximate surface area is 131 Å². The molecule has 1 aromatic carbocycles. The highest BCUT2D eigenvalue weighted by atomic mass is 19.4. The van der Waals surface area contributed by atoms with Crippen molar-refractivity contribution in [3.8, 4) is 0 Å². The van der Waals surface area contributed by atoms with Crippen LogP contribution in [0.2, 0.25) is 0 Å². The van der Waals surface area contributed by atoms with Crippen LogP contribution >= 0.6 is 0 Å². The van der Waals surface area contributed by atoms with E-state index in [9.17, 15) is 49.1 Å². The van der Waals surface area contributed by atoms with Crippen molar-refractivity contribution in [3.05, 3.63) is 35.1 Å². The van der Waals surface area contributed by atoms with Crippen LogP contribution in [0.4, 0.5) is 39.5 Å². The summed E-state index contributed by atoms with van der Waals surface area (Å²) < 4.78 is 119. The lowest BCUT2D eigenvalue weighted by atomic mass is 9.97. The first-order valence-electron chi connectivity index (χ1n) is 5.85. The van der Waals surface area contributed by atoms with Crippen LogP contribution in [0.5, 0.6) is 0 Å². The molecule has 0 spiro atoms. The standard InChI is InChI=1S/C12H5F9O4/c13-5-1-4(2-6(14)8(5)15)9(24)25-10(3-7(22)23,11(16,17)18)12(19,20)21/h1-2H,3H2,(H,22,23). The Morgan fingerprint density at radius 2 is 1.32 bits per heavy atom. The van der Waals surface area contributed by atoms with Gasteiger partial charge in [-0.05, 0) is 12.1 Å². The van der Waals surface area contributed by atoms with Gasteiger partial charge in [-0.25, -0.2) is 18.0 Å². The average Bonchev–Trinajstić information content (AvgIpc) is 2.40. The Kier molecular flexibility index (Phi) is 5.30.